The third kappa shape index (κ3) is 3.50. The summed E-state index contributed by atoms with van der Waals surface area (Å²) in [4.78, 5) is 0. The molecule has 0 aromatic heterocycles. The fourth-order valence-electron chi connectivity index (χ4n) is 1.68. The largest absolute Gasteiger partial charge is 0.374 e. The number of benzene rings is 1. The van der Waals surface area contributed by atoms with Crippen LogP contribution in [0.25, 0.3) is 0 Å². The van der Waals surface area contributed by atoms with Crippen LogP contribution >= 0.6 is 11.6 Å². The van der Waals surface area contributed by atoms with Crippen LogP contribution in [0.1, 0.15) is 18.4 Å². The van der Waals surface area contributed by atoms with Gasteiger partial charge >= 0.3 is 0 Å². The minimum absolute atomic E-state index is 0. The molecule has 16 heavy (non-hydrogen) atoms. The van der Waals surface area contributed by atoms with E-state index < -0.39 is 0 Å². The molecule has 1 aromatic rings. The van der Waals surface area contributed by atoms with Gasteiger partial charge < -0.3 is 11.7 Å². The molecule has 0 atom stereocenters. The zero-order valence-corrected chi connectivity index (χ0v) is 12.6. The van der Waals surface area contributed by atoms with E-state index in [1.165, 1.54) is 6.07 Å². The van der Waals surface area contributed by atoms with E-state index in [0.717, 1.165) is 12.8 Å². The van der Waals surface area contributed by atoms with E-state index in [0.29, 0.717) is 16.5 Å². The Morgan fingerprint density at radius 1 is 1.44 bits per heavy atom. The Bertz CT molecular complexity index is 333. The van der Waals surface area contributed by atoms with Crippen molar-refractivity contribution >= 4 is 11.6 Å². The van der Waals surface area contributed by atoms with Gasteiger partial charge in [-0.25, -0.2) is 4.39 Å². The van der Waals surface area contributed by atoms with Gasteiger partial charge in [0.05, 0.1) is 12.7 Å². The molecule has 4 heteroatoms. The molecule has 0 unspecified atom stereocenters. The Morgan fingerprint density at radius 3 is 2.69 bits per heavy atom. The first-order valence-electron chi connectivity index (χ1n) is 5.04. The molecule has 1 saturated carbocycles. The van der Waals surface area contributed by atoms with Gasteiger partial charge in [-0.2, -0.15) is 5.92 Å². The molecule has 0 bridgehead atoms. The molecule has 0 spiro atoms. The first-order chi connectivity index (χ1) is 7.16. The van der Waals surface area contributed by atoms with Crippen molar-refractivity contribution in [2.24, 2.45) is 5.92 Å². The van der Waals surface area contributed by atoms with Gasteiger partial charge in [0.1, 0.15) is 5.82 Å². The minimum Gasteiger partial charge on any atom is -0.374 e. The number of halogens is 2. The van der Waals surface area contributed by atoms with Gasteiger partial charge in [-0.3, -0.25) is 0 Å². The molecule has 1 aromatic carbocycles. The van der Waals surface area contributed by atoms with Gasteiger partial charge in [0.2, 0.25) is 0 Å². The summed E-state index contributed by atoms with van der Waals surface area (Å²) in [5.74, 6) is 0.194. The first-order valence-corrected chi connectivity index (χ1v) is 5.42. The van der Waals surface area contributed by atoms with Crippen LogP contribution in [-0.4, -0.2) is 6.10 Å². The maximum Gasteiger partial charge on any atom is 0.130 e. The summed E-state index contributed by atoms with van der Waals surface area (Å²) in [6.45, 7) is 4.16. The van der Waals surface area contributed by atoms with Crippen LogP contribution in [0.4, 0.5) is 4.39 Å². The Kier molecular flexibility index (Phi) is 5.86. The SMILES string of the molecule is [CH2-]C1CC(OCc2c(F)cccc2Cl)C1.[Y]. The molecule has 1 aliphatic rings. The molecule has 0 aliphatic heterocycles. The molecule has 1 radical (unpaired) electrons. The zero-order valence-electron chi connectivity index (χ0n) is 8.96. The van der Waals surface area contributed by atoms with Crippen molar-refractivity contribution in [1.82, 2.24) is 0 Å². The van der Waals surface area contributed by atoms with Gasteiger partial charge in [-0.05, 0) is 12.1 Å². The summed E-state index contributed by atoms with van der Waals surface area (Å²) in [5, 5.41) is 0.431. The Balaban J connectivity index is 0.00000128. The predicted molar refractivity (Wildman–Crippen MR) is 58.1 cm³/mol. The molecule has 0 N–H and O–H groups in total. The van der Waals surface area contributed by atoms with Crippen LogP contribution < -0.4 is 0 Å². The first kappa shape index (κ1) is 14.6. The Morgan fingerprint density at radius 2 is 2.12 bits per heavy atom. The third-order valence-corrected chi connectivity index (χ3v) is 3.07. The van der Waals surface area contributed by atoms with Crippen LogP contribution in [0, 0.1) is 18.7 Å². The molecule has 2 rings (SSSR count). The summed E-state index contributed by atoms with van der Waals surface area (Å²) in [7, 11) is 0. The zero-order chi connectivity index (χ0) is 10.8. The van der Waals surface area contributed by atoms with Gasteiger partial charge in [0.15, 0.2) is 0 Å². The molecule has 0 heterocycles. The maximum atomic E-state index is 13.3. The van der Waals surface area contributed by atoms with Crippen LogP contribution in [0.3, 0.4) is 0 Å². The van der Waals surface area contributed by atoms with Crippen molar-refractivity contribution < 1.29 is 41.8 Å². The van der Waals surface area contributed by atoms with Gasteiger partial charge in [-0.1, -0.05) is 30.5 Å². The fraction of sp³-hybridized carbons (Fsp3) is 0.417. The van der Waals surface area contributed by atoms with Crippen LogP contribution in [0.2, 0.25) is 5.02 Å². The van der Waals surface area contributed by atoms with Crippen molar-refractivity contribution in [3.63, 3.8) is 0 Å². The molecular weight excluding hydrogens is 303 g/mol. The number of hydrogen-bond donors (Lipinski definition) is 0. The van der Waals surface area contributed by atoms with E-state index in [1.807, 2.05) is 0 Å². The van der Waals surface area contributed by atoms with Gasteiger partial charge in [0, 0.05) is 43.3 Å². The monoisotopic (exact) mass is 316 g/mol. The molecule has 85 valence electrons. The quantitative estimate of drug-likeness (QED) is 0.774. The maximum absolute atomic E-state index is 13.3. The molecule has 0 saturated heterocycles. The number of ether oxygens (including phenoxy) is 1. The molecular formula is C12H13ClFOY-. The summed E-state index contributed by atoms with van der Waals surface area (Å²) in [5.41, 5.74) is 0.451. The summed E-state index contributed by atoms with van der Waals surface area (Å²) in [6, 6.07) is 4.67. The number of rotatable bonds is 3. The van der Waals surface area contributed by atoms with Gasteiger partial charge in [-0.15, -0.1) is 0 Å². The topological polar surface area (TPSA) is 9.23 Å². The van der Waals surface area contributed by atoms with Crippen molar-refractivity contribution in [1.29, 1.82) is 0 Å². The second kappa shape index (κ2) is 6.44. The standard InChI is InChI=1S/C12H13ClFO.Y/c1-8-5-9(6-8)15-7-10-11(13)3-2-4-12(10)14;/h2-4,8-9H,1,5-7H2;/q-1;. The average molecular weight is 317 g/mol. The van der Waals surface area contributed by atoms with E-state index in [9.17, 15) is 4.39 Å². The Labute approximate surface area is 126 Å². The fourth-order valence-corrected chi connectivity index (χ4v) is 1.90. The van der Waals surface area contributed by atoms with E-state index in [1.54, 1.807) is 12.1 Å². The van der Waals surface area contributed by atoms with E-state index >= 15 is 0 Å². The summed E-state index contributed by atoms with van der Waals surface area (Å²) >= 11 is 5.87. The minimum atomic E-state index is -0.298. The van der Waals surface area contributed by atoms with Crippen molar-refractivity contribution in [2.45, 2.75) is 25.6 Å². The normalized spacial score (nSPS) is 23.4. The van der Waals surface area contributed by atoms with Crippen molar-refractivity contribution in [3.8, 4) is 0 Å². The summed E-state index contributed by atoms with van der Waals surface area (Å²) in [6.07, 6.45) is 2.15. The van der Waals surface area contributed by atoms with Gasteiger partial charge in [0.25, 0.3) is 0 Å². The van der Waals surface area contributed by atoms with E-state index in [-0.39, 0.29) is 51.2 Å². The third-order valence-electron chi connectivity index (χ3n) is 2.72. The molecule has 1 aliphatic carbocycles. The van der Waals surface area contributed by atoms with Crippen LogP contribution in [0.15, 0.2) is 18.2 Å². The van der Waals surface area contributed by atoms with Crippen LogP contribution in [0.5, 0.6) is 0 Å². The second-order valence-corrected chi connectivity index (χ2v) is 4.38. The van der Waals surface area contributed by atoms with E-state index in [2.05, 4.69) is 6.92 Å². The predicted octanol–water partition coefficient (Wildman–Crippen LogP) is 3.61. The molecule has 1 nitrogen and oxygen atoms in total. The van der Waals surface area contributed by atoms with Crippen molar-refractivity contribution in [2.75, 3.05) is 0 Å². The van der Waals surface area contributed by atoms with Crippen LogP contribution in [-0.2, 0) is 44.1 Å². The van der Waals surface area contributed by atoms with E-state index in [4.69, 9.17) is 16.3 Å². The molecule has 0 amide bonds. The average Bonchev–Trinajstić information content (AvgIpc) is 2.14. The smallest absolute Gasteiger partial charge is 0.130 e. The molecule has 1 fully saturated rings. The van der Waals surface area contributed by atoms with Crippen molar-refractivity contribution in [3.05, 3.63) is 41.5 Å². The summed E-state index contributed by atoms with van der Waals surface area (Å²) < 4.78 is 18.9. The second-order valence-electron chi connectivity index (χ2n) is 3.97. The Hall–Kier alpha value is 0.504. The number of hydrogen-bond acceptors (Lipinski definition) is 1.